The summed E-state index contributed by atoms with van der Waals surface area (Å²) >= 11 is 0. The third-order valence-electron chi connectivity index (χ3n) is 4.74. The Kier molecular flexibility index (Phi) is 4.91. The molecule has 1 aromatic carbocycles. The van der Waals surface area contributed by atoms with Crippen molar-refractivity contribution in [1.29, 1.82) is 0 Å². The highest BCUT2D eigenvalue weighted by molar-refractivity contribution is 5.65. The molecule has 0 saturated heterocycles. The van der Waals surface area contributed by atoms with Crippen molar-refractivity contribution in [1.82, 2.24) is 14.5 Å². The van der Waals surface area contributed by atoms with E-state index in [0.717, 1.165) is 24.0 Å². The first kappa shape index (κ1) is 17.3. The van der Waals surface area contributed by atoms with Crippen LogP contribution in [0.5, 0.6) is 11.5 Å². The van der Waals surface area contributed by atoms with Crippen LogP contribution in [0, 0.1) is 0 Å². The molecule has 2 aromatic heterocycles. The maximum atomic E-state index is 12.1. The topological polar surface area (TPSA) is 79.4 Å². The van der Waals surface area contributed by atoms with Crippen molar-refractivity contribution in [3.63, 3.8) is 0 Å². The van der Waals surface area contributed by atoms with Crippen molar-refractivity contribution in [2.45, 2.75) is 38.3 Å². The van der Waals surface area contributed by atoms with Crippen LogP contribution in [0.25, 0.3) is 11.1 Å². The van der Waals surface area contributed by atoms with Gasteiger partial charge < -0.3 is 13.9 Å². The van der Waals surface area contributed by atoms with E-state index in [-0.39, 0.29) is 18.3 Å². The summed E-state index contributed by atoms with van der Waals surface area (Å²) in [7, 11) is 1.63. The van der Waals surface area contributed by atoms with E-state index in [9.17, 15) is 4.79 Å². The van der Waals surface area contributed by atoms with Gasteiger partial charge in [0.05, 0.1) is 19.4 Å². The molecule has 0 unspecified atom stereocenters. The highest BCUT2D eigenvalue weighted by Crippen LogP contribution is 2.35. The van der Waals surface area contributed by atoms with Gasteiger partial charge in [0.15, 0.2) is 11.5 Å². The molecule has 1 aliphatic rings. The fraction of sp³-hybridized carbons (Fsp3) is 0.350. The zero-order chi connectivity index (χ0) is 18.6. The Morgan fingerprint density at radius 3 is 2.78 bits per heavy atom. The van der Waals surface area contributed by atoms with Gasteiger partial charge in [0, 0.05) is 18.0 Å². The first-order valence-corrected chi connectivity index (χ1v) is 9.03. The molecule has 0 spiro atoms. The van der Waals surface area contributed by atoms with Crippen molar-refractivity contribution in [3.8, 4) is 22.6 Å². The van der Waals surface area contributed by atoms with E-state index in [1.165, 1.54) is 23.7 Å². The van der Waals surface area contributed by atoms with Crippen molar-refractivity contribution in [3.05, 3.63) is 59.4 Å². The van der Waals surface area contributed by atoms with Gasteiger partial charge in [0.2, 0.25) is 5.89 Å². The molecule has 0 amide bonds. The molecule has 0 N–H and O–H groups in total. The third kappa shape index (κ3) is 3.86. The third-order valence-corrected chi connectivity index (χ3v) is 4.74. The fourth-order valence-corrected chi connectivity index (χ4v) is 3.33. The predicted molar refractivity (Wildman–Crippen MR) is 99.0 cm³/mol. The minimum Gasteiger partial charge on any atom is -0.493 e. The summed E-state index contributed by atoms with van der Waals surface area (Å²) in [6, 6.07) is 5.74. The first-order valence-electron chi connectivity index (χ1n) is 9.03. The highest BCUT2D eigenvalue weighted by Gasteiger charge is 2.19. The van der Waals surface area contributed by atoms with Crippen LogP contribution >= 0.6 is 0 Å². The average Bonchev–Trinajstić information content (AvgIpc) is 3.38. The number of aromatic nitrogens is 3. The number of hydrogen-bond acceptors (Lipinski definition) is 6. The van der Waals surface area contributed by atoms with Crippen molar-refractivity contribution in [2.24, 2.45) is 0 Å². The second kappa shape index (κ2) is 7.65. The summed E-state index contributed by atoms with van der Waals surface area (Å²) in [5.74, 6) is 1.87. The molecular formula is C20H21N3O4. The summed E-state index contributed by atoms with van der Waals surface area (Å²) in [6.07, 6.45) is 11.1. The Labute approximate surface area is 156 Å². The molecular weight excluding hydrogens is 346 g/mol. The number of oxazole rings is 1. The normalized spacial score (nSPS) is 14.4. The largest absolute Gasteiger partial charge is 0.493 e. The number of methoxy groups -OCH3 is 1. The molecule has 0 aliphatic heterocycles. The van der Waals surface area contributed by atoms with Gasteiger partial charge in [-0.3, -0.25) is 4.57 Å². The smallest absolute Gasteiger partial charge is 0.348 e. The molecule has 4 rings (SSSR count). The Balaban J connectivity index is 1.65. The number of nitrogens with zero attached hydrogens (tertiary/aromatic N) is 3. The molecule has 0 bridgehead atoms. The molecule has 1 fully saturated rings. The van der Waals surface area contributed by atoms with Crippen molar-refractivity contribution >= 4 is 0 Å². The highest BCUT2D eigenvalue weighted by atomic mass is 16.5. The van der Waals surface area contributed by atoms with Gasteiger partial charge in [-0.25, -0.2) is 14.8 Å². The second-order valence-corrected chi connectivity index (χ2v) is 6.57. The lowest BCUT2D eigenvalue weighted by molar-refractivity contribution is 0.201. The van der Waals surface area contributed by atoms with Gasteiger partial charge in [-0.05, 0) is 43.4 Å². The van der Waals surface area contributed by atoms with E-state index in [1.807, 2.05) is 18.2 Å². The molecule has 0 atom stereocenters. The summed E-state index contributed by atoms with van der Waals surface area (Å²) in [5.41, 5.74) is 1.35. The molecule has 0 radical (unpaired) electrons. The number of ether oxygens (including phenoxy) is 2. The number of benzene rings is 1. The van der Waals surface area contributed by atoms with Crippen LogP contribution < -0.4 is 15.2 Å². The van der Waals surface area contributed by atoms with Gasteiger partial charge in [-0.1, -0.05) is 6.07 Å². The van der Waals surface area contributed by atoms with Crippen LogP contribution in [0.2, 0.25) is 0 Å². The zero-order valence-corrected chi connectivity index (χ0v) is 15.1. The molecule has 27 heavy (non-hydrogen) atoms. The standard InChI is InChI=1S/C20H21N3O4/c1-25-17-7-6-14(10-18(17)27-16-4-2-3-5-16)15-11-22-20(24)23(12-15)13-19-21-8-9-26-19/h6-12,16H,2-5,13H2,1H3. The SMILES string of the molecule is COc1ccc(-c2cnc(=O)n(Cc3ncco3)c2)cc1OC1CCCC1. The second-order valence-electron chi connectivity index (χ2n) is 6.57. The Morgan fingerprint density at radius 2 is 2.04 bits per heavy atom. The van der Waals surface area contributed by atoms with Crippen molar-refractivity contribution in [2.75, 3.05) is 7.11 Å². The van der Waals surface area contributed by atoms with Crippen LogP contribution in [0.1, 0.15) is 31.6 Å². The Morgan fingerprint density at radius 1 is 1.19 bits per heavy atom. The average molecular weight is 367 g/mol. The Hall–Kier alpha value is -3.09. The van der Waals surface area contributed by atoms with Gasteiger partial charge in [0.1, 0.15) is 12.8 Å². The fourth-order valence-electron chi connectivity index (χ4n) is 3.33. The van der Waals surface area contributed by atoms with E-state index >= 15 is 0 Å². The van der Waals surface area contributed by atoms with Crippen LogP contribution in [-0.4, -0.2) is 27.7 Å². The maximum absolute atomic E-state index is 12.1. The van der Waals surface area contributed by atoms with Gasteiger partial charge in [0.25, 0.3) is 0 Å². The lowest BCUT2D eigenvalue weighted by Gasteiger charge is -2.17. The molecule has 1 saturated carbocycles. The Bertz CT molecular complexity index is 960. The van der Waals surface area contributed by atoms with E-state index in [4.69, 9.17) is 13.9 Å². The molecule has 3 aromatic rings. The summed E-state index contributed by atoms with van der Waals surface area (Å²) < 4.78 is 18.3. The molecule has 7 heteroatoms. The van der Waals surface area contributed by atoms with E-state index in [1.54, 1.807) is 25.7 Å². The van der Waals surface area contributed by atoms with Gasteiger partial charge >= 0.3 is 5.69 Å². The zero-order valence-electron chi connectivity index (χ0n) is 15.1. The number of hydrogen-bond donors (Lipinski definition) is 0. The van der Waals surface area contributed by atoms with Gasteiger partial charge in [-0.15, -0.1) is 0 Å². The summed E-state index contributed by atoms with van der Waals surface area (Å²) in [4.78, 5) is 20.1. The summed E-state index contributed by atoms with van der Waals surface area (Å²) in [5, 5.41) is 0. The molecule has 2 heterocycles. The van der Waals surface area contributed by atoms with Crippen LogP contribution in [0.4, 0.5) is 0 Å². The molecule has 7 nitrogen and oxygen atoms in total. The molecule has 140 valence electrons. The number of rotatable bonds is 6. The van der Waals surface area contributed by atoms with Crippen LogP contribution in [-0.2, 0) is 6.54 Å². The van der Waals surface area contributed by atoms with E-state index < -0.39 is 0 Å². The molecule has 1 aliphatic carbocycles. The minimum atomic E-state index is -0.354. The predicted octanol–water partition coefficient (Wildman–Crippen LogP) is 3.28. The maximum Gasteiger partial charge on any atom is 0.348 e. The van der Waals surface area contributed by atoms with Gasteiger partial charge in [-0.2, -0.15) is 0 Å². The van der Waals surface area contributed by atoms with Crippen LogP contribution in [0.3, 0.4) is 0 Å². The van der Waals surface area contributed by atoms with Crippen LogP contribution in [0.15, 0.2) is 52.3 Å². The minimum absolute atomic E-state index is 0.228. The van der Waals surface area contributed by atoms with E-state index in [2.05, 4.69) is 9.97 Å². The quantitative estimate of drug-likeness (QED) is 0.665. The lowest BCUT2D eigenvalue weighted by atomic mass is 10.1. The first-order chi connectivity index (χ1) is 13.2. The lowest BCUT2D eigenvalue weighted by Crippen LogP contribution is -2.22. The summed E-state index contributed by atoms with van der Waals surface area (Å²) in [6.45, 7) is 0.230. The van der Waals surface area contributed by atoms with E-state index in [0.29, 0.717) is 17.4 Å². The van der Waals surface area contributed by atoms with Crippen molar-refractivity contribution < 1.29 is 13.9 Å². The monoisotopic (exact) mass is 367 g/mol.